The minimum absolute atomic E-state index is 0.287. The zero-order chi connectivity index (χ0) is 17.7. The normalized spacial score (nSPS) is 21.0. The van der Waals surface area contributed by atoms with Gasteiger partial charge in [0.05, 0.1) is 17.7 Å². The van der Waals surface area contributed by atoms with E-state index in [0.29, 0.717) is 12.2 Å². The van der Waals surface area contributed by atoms with E-state index in [1.54, 1.807) is 6.07 Å². The summed E-state index contributed by atoms with van der Waals surface area (Å²) in [5, 5.41) is 0. The number of nitrogens with two attached hydrogens (primary N) is 1. The van der Waals surface area contributed by atoms with Crippen molar-refractivity contribution in [2.45, 2.75) is 31.8 Å². The van der Waals surface area contributed by atoms with Crippen LogP contribution in [0.5, 0.6) is 0 Å². The van der Waals surface area contributed by atoms with Crippen molar-refractivity contribution < 1.29 is 9.53 Å². The second kappa shape index (κ2) is 7.81. The maximum Gasteiger partial charge on any atom is 0.338 e. The van der Waals surface area contributed by atoms with Crippen LogP contribution in [0.15, 0.2) is 54.6 Å². The van der Waals surface area contributed by atoms with Crippen LogP contribution in [0.25, 0.3) is 0 Å². The maximum absolute atomic E-state index is 12.0. The molecule has 1 aliphatic heterocycles. The number of esters is 1. The van der Waals surface area contributed by atoms with Crippen LogP contribution in [-0.4, -0.2) is 30.6 Å². The van der Waals surface area contributed by atoms with Gasteiger partial charge in [-0.25, -0.2) is 4.79 Å². The van der Waals surface area contributed by atoms with Gasteiger partial charge in [0.2, 0.25) is 0 Å². The molecular formula is C21H26N2O2. The molecule has 1 heterocycles. The summed E-state index contributed by atoms with van der Waals surface area (Å²) in [6, 6.07) is 18.1. The lowest BCUT2D eigenvalue weighted by molar-refractivity contribution is 0.0526. The first kappa shape index (κ1) is 17.6. The third-order valence-electron chi connectivity index (χ3n) is 4.80. The third-order valence-corrected chi connectivity index (χ3v) is 4.80. The molecule has 2 N–H and O–H groups in total. The van der Waals surface area contributed by atoms with Crippen molar-refractivity contribution in [3.8, 4) is 0 Å². The molecule has 1 fully saturated rings. The van der Waals surface area contributed by atoms with Gasteiger partial charge in [-0.1, -0.05) is 42.5 Å². The number of rotatable bonds is 5. The van der Waals surface area contributed by atoms with E-state index in [0.717, 1.165) is 38.0 Å². The van der Waals surface area contributed by atoms with E-state index in [1.165, 1.54) is 5.56 Å². The van der Waals surface area contributed by atoms with Crippen LogP contribution in [0.1, 0.15) is 41.3 Å². The quantitative estimate of drug-likeness (QED) is 0.850. The summed E-state index contributed by atoms with van der Waals surface area (Å²) in [7, 11) is 0. The first-order valence-corrected chi connectivity index (χ1v) is 8.93. The fourth-order valence-electron chi connectivity index (χ4n) is 3.56. The van der Waals surface area contributed by atoms with Crippen molar-refractivity contribution in [2.75, 3.05) is 19.7 Å². The minimum Gasteiger partial charge on any atom is -0.462 e. The van der Waals surface area contributed by atoms with Crippen molar-refractivity contribution in [1.82, 2.24) is 4.90 Å². The van der Waals surface area contributed by atoms with Crippen LogP contribution >= 0.6 is 0 Å². The smallest absolute Gasteiger partial charge is 0.338 e. The second-order valence-electron chi connectivity index (χ2n) is 6.76. The van der Waals surface area contributed by atoms with Crippen LogP contribution in [0.4, 0.5) is 0 Å². The molecule has 0 aliphatic carbocycles. The number of piperidine rings is 1. The van der Waals surface area contributed by atoms with E-state index < -0.39 is 5.54 Å². The highest BCUT2D eigenvalue weighted by atomic mass is 16.5. The average Bonchev–Trinajstić information content (AvgIpc) is 2.63. The Kier molecular flexibility index (Phi) is 5.51. The molecule has 4 heteroatoms. The molecular weight excluding hydrogens is 312 g/mol. The molecule has 1 saturated heterocycles. The molecule has 25 heavy (non-hydrogen) atoms. The molecule has 1 atom stereocenters. The molecule has 0 spiro atoms. The average molecular weight is 338 g/mol. The first-order chi connectivity index (χ1) is 12.1. The van der Waals surface area contributed by atoms with E-state index in [-0.39, 0.29) is 5.97 Å². The van der Waals surface area contributed by atoms with Crippen LogP contribution in [-0.2, 0) is 16.8 Å². The molecule has 0 amide bonds. The number of likely N-dealkylation sites (tertiary alicyclic amines) is 1. The van der Waals surface area contributed by atoms with Crippen LogP contribution < -0.4 is 5.73 Å². The zero-order valence-corrected chi connectivity index (χ0v) is 14.8. The standard InChI is InChI=1S/C21H26N2O2/c1-2-25-20(24)18-10-6-11-19(14-18)21(22)12-7-13-23(16-21)15-17-8-4-3-5-9-17/h3-6,8-11,14H,2,7,12-13,15-16,22H2,1H3. The number of hydrogen-bond acceptors (Lipinski definition) is 4. The number of hydrogen-bond donors (Lipinski definition) is 1. The molecule has 2 aromatic rings. The Hall–Kier alpha value is -2.17. The Balaban J connectivity index is 1.76. The molecule has 3 rings (SSSR count). The van der Waals surface area contributed by atoms with E-state index in [1.807, 2.05) is 31.2 Å². The highest BCUT2D eigenvalue weighted by Gasteiger charge is 2.33. The summed E-state index contributed by atoms with van der Waals surface area (Å²) in [6.07, 6.45) is 1.97. The van der Waals surface area contributed by atoms with E-state index in [4.69, 9.17) is 10.5 Å². The summed E-state index contributed by atoms with van der Waals surface area (Å²) < 4.78 is 5.11. The molecule has 4 nitrogen and oxygen atoms in total. The number of nitrogens with zero attached hydrogens (tertiary/aromatic N) is 1. The largest absolute Gasteiger partial charge is 0.462 e. The number of carbonyl (C=O) groups is 1. The van der Waals surface area contributed by atoms with Gasteiger partial charge in [-0.3, -0.25) is 4.90 Å². The second-order valence-corrected chi connectivity index (χ2v) is 6.76. The summed E-state index contributed by atoms with van der Waals surface area (Å²) in [5.74, 6) is -0.287. The van der Waals surface area contributed by atoms with Crippen LogP contribution in [0, 0.1) is 0 Å². The molecule has 0 bridgehead atoms. The zero-order valence-electron chi connectivity index (χ0n) is 14.8. The summed E-state index contributed by atoms with van der Waals surface area (Å²) in [5.41, 5.74) is 9.22. The van der Waals surface area contributed by atoms with Crippen molar-refractivity contribution in [1.29, 1.82) is 0 Å². The van der Waals surface area contributed by atoms with Crippen molar-refractivity contribution in [3.05, 3.63) is 71.3 Å². The SMILES string of the molecule is CCOC(=O)c1cccc(C2(N)CCCN(Cc3ccccc3)C2)c1. The van der Waals surface area contributed by atoms with Gasteiger partial charge in [0.25, 0.3) is 0 Å². The molecule has 2 aromatic carbocycles. The van der Waals surface area contributed by atoms with Gasteiger partial charge < -0.3 is 10.5 Å². The Morgan fingerprint density at radius 2 is 2.00 bits per heavy atom. The van der Waals surface area contributed by atoms with Crippen molar-refractivity contribution >= 4 is 5.97 Å². The van der Waals surface area contributed by atoms with Gasteiger partial charge in [0.15, 0.2) is 0 Å². The topological polar surface area (TPSA) is 55.6 Å². The summed E-state index contributed by atoms with van der Waals surface area (Å²) in [4.78, 5) is 14.4. The lowest BCUT2D eigenvalue weighted by atomic mass is 9.82. The van der Waals surface area contributed by atoms with Gasteiger partial charge in [-0.15, -0.1) is 0 Å². The Labute approximate surface area is 149 Å². The van der Waals surface area contributed by atoms with Crippen molar-refractivity contribution in [2.24, 2.45) is 5.73 Å². The maximum atomic E-state index is 12.0. The van der Waals surface area contributed by atoms with E-state index >= 15 is 0 Å². The van der Waals surface area contributed by atoms with Gasteiger partial charge in [-0.2, -0.15) is 0 Å². The number of benzene rings is 2. The molecule has 1 aliphatic rings. The van der Waals surface area contributed by atoms with E-state index in [9.17, 15) is 4.79 Å². The minimum atomic E-state index is -0.435. The Morgan fingerprint density at radius 3 is 2.76 bits per heavy atom. The van der Waals surface area contributed by atoms with E-state index in [2.05, 4.69) is 29.2 Å². The van der Waals surface area contributed by atoms with Gasteiger partial charge >= 0.3 is 5.97 Å². The Bertz CT molecular complexity index is 717. The Morgan fingerprint density at radius 1 is 1.20 bits per heavy atom. The van der Waals surface area contributed by atoms with Gasteiger partial charge in [-0.05, 0) is 49.6 Å². The third kappa shape index (κ3) is 4.27. The molecule has 132 valence electrons. The van der Waals surface area contributed by atoms with Gasteiger partial charge in [0, 0.05) is 13.1 Å². The number of carbonyl (C=O) groups excluding carboxylic acids is 1. The lowest BCUT2D eigenvalue weighted by Gasteiger charge is -2.41. The monoisotopic (exact) mass is 338 g/mol. The predicted octanol–water partition coefficient (Wildman–Crippen LogP) is 3.31. The van der Waals surface area contributed by atoms with Crippen molar-refractivity contribution in [3.63, 3.8) is 0 Å². The fourth-order valence-corrected chi connectivity index (χ4v) is 3.56. The fraction of sp³-hybridized carbons (Fsp3) is 0.381. The molecule has 0 radical (unpaired) electrons. The highest BCUT2D eigenvalue weighted by molar-refractivity contribution is 5.89. The molecule has 0 saturated carbocycles. The van der Waals surface area contributed by atoms with Gasteiger partial charge in [0.1, 0.15) is 0 Å². The molecule has 1 unspecified atom stereocenters. The highest BCUT2D eigenvalue weighted by Crippen LogP contribution is 2.30. The van der Waals surface area contributed by atoms with Crippen LogP contribution in [0.3, 0.4) is 0 Å². The summed E-state index contributed by atoms with van der Waals surface area (Å²) >= 11 is 0. The predicted molar refractivity (Wildman–Crippen MR) is 99.2 cm³/mol. The first-order valence-electron chi connectivity index (χ1n) is 8.93. The number of ether oxygens (including phenoxy) is 1. The summed E-state index contributed by atoms with van der Waals surface area (Å²) in [6.45, 7) is 4.92. The van der Waals surface area contributed by atoms with Crippen LogP contribution in [0.2, 0.25) is 0 Å². The molecule has 0 aromatic heterocycles. The lowest BCUT2D eigenvalue weighted by Crippen LogP contribution is -2.51.